The lowest BCUT2D eigenvalue weighted by atomic mass is 10.1. The summed E-state index contributed by atoms with van der Waals surface area (Å²) in [6.45, 7) is 3.86. The molecule has 0 aliphatic rings. The van der Waals surface area contributed by atoms with Gasteiger partial charge in [-0.15, -0.1) is 0 Å². The lowest BCUT2D eigenvalue weighted by Crippen LogP contribution is -2.35. The summed E-state index contributed by atoms with van der Waals surface area (Å²) in [6, 6.07) is 17.4. The number of rotatable bonds is 6. The van der Waals surface area contributed by atoms with Gasteiger partial charge in [0.15, 0.2) is 6.61 Å². The molecule has 1 aromatic heterocycles. The molecule has 0 aliphatic heterocycles. The molecule has 0 atom stereocenters. The van der Waals surface area contributed by atoms with Crippen molar-refractivity contribution in [2.24, 2.45) is 0 Å². The Labute approximate surface area is 158 Å². The first kappa shape index (κ1) is 18.6. The first-order chi connectivity index (χ1) is 13.1. The lowest BCUT2D eigenvalue weighted by molar-refractivity contribution is -0.120. The number of pyridine rings is 1. The van der Waals surface area contributed by atoms with Crippen molar-refractivity contribution in [1.29, 1.82) is 0 Å². The van der Waals surface area contributed by atoms with Gasteiger partial charge in [-0.1, -0.05) is 36.4 Å². The zero-order valence-corrected chi connectivity index (χ0v) is 15.4. The van der Waals surface area contributed by atoms with Crippen LogP contribution in [0.5, 0.6) is 5.75 Å². The van der Waals surface area contributed by atoms with Gasteiger partial charge in [0.2, 0.25) is 0 Å². The minimum Gasteiger partial charge on any atom is -0.483 e. The summed E-state index contributed by atoms with van der Waals surface area (Å²) in [5, 5.41) is 0. The van der Waals surface area contributed by atoms with Crippen LogP contribution >= 0.6 is 0 Å². The fourth-order valence-corrected chi connectivity index (χ4v) is 2.71. The van der Waals surface area contributed by atoms with Crippen molar-refractivity contribution in [1.82, 2.24) is 4.98 Å². The number of amides is 1. The Bertz CT molecular complexity index is 929. The highest BCUT2D eigenvalue weighted by atomic mass is 19.1. The van der Waals surface area contributed by atoms with Crippen LogP contribution in [-0.2, 0) is 11.3 Å². The standard InChI is InChI=1S/C22H21FN2O2/c1-16-8-7-11-20(17(16)2)27-15-22(26)25(21-12-5-6-13-24-21)14-18-9-3-4-10-19(18)23/h3-13H,14-15H2,1-2H3. The van der Waals surface area contributed by atoms with Gasteiger partial charge < -0.3 is 4.74 Å². The lowest BCUT2D eigenvalue weighted by Gasteiger charge is -2.22. The number of carbonyl (C=O) groups is 1. The second-order valence-corrected chi connectivity index (χ2v) is 6.25. The molecule has 27 heavy (non-hydrogen) atoms. The predicted molar refractivity (Wildman–Crippen MR) is 103 cm³/mol. The third-order valence-corrected chi connectivity index (χ3v) is 4.42. The average molecular weight is 364 g/mol. The first-order valence-corrected chi connectivity index (χ1v) is 8.70. The molecule has 0 N–H and O–H groups in total. The molecule has 5 heteroatoms. The third kappa shape index (κ3) is 4.50. The Morgan fingerprint density at radius 3 is 2.56 bits per heavy atom. The van der Waals surface area contributed by atoms with Crippen LogP contribution in [0.4, 0.5) is 10.2 Å². The van der Waals surface area contributed by atoms with Gasteiger partial charge in [0.25, 0.3) is 5.91 Å². The third-order valence-electron chi connectivity index (χ3n) is 4.42. The van der Waals surface area contributed by atoms with Gasteiger partial charge in [0.05, 0.1) is 6.54 Å². The molecule has 0 saturated carbocycles. The van der Waals surface area contributed by atoms with Crippen molar-refractivity contribution in [3.05, 3.63) is 89.4 Å². The summed E-state index contributed by atoms with van der Waals surface area (Å²) in [6.07, 6.45) is 1.60. The number of nitrogens with zero attached hydrogens (tertiary/aromatic N) is 2. The van der Waals surface area contributed by atoms with Gasteiger partial charge in [-0.25, -0.2) is 9.37 Å². The van der Waals surface area contributed by atoms with Crippen molar-refractivity contribution >= 4 is 11.7 Å². The molecular weight excluding hydrogens is 343 g/mol. The molecule has 0 spiro atoms. The van der Waals surface area contributed by atoms with Gasteiger partial charge >= 0.3 is 0 Å². The molecule has 4 nitrogen and oxygen atoms in total. The van der Waals surface area contributed by atoms with E-state index in [2.05, 4.69) is 4.98 Å². The maximum absolute atomic E-state index is 14.1. The summed E-state index contributed by atoms with van der Waals surface area (Å²) in [4.78, 5) is 18.5. The topological polar surface area (TPSA) is 42.4 Å². The van der Waals surface area contributed by atoms with Crippen LogP contribution in [0.1, 0.15) is 16.7 Å². The number of anilines is 1. The predicted octanol–water partition coefficient (Wildman–Crippen LogP) is 4.45. The molecule has 0 saturated heterocycles. The largest absolute Gasteiger partial charge is 0.483 e. The number of hydrogen-bond donors (Lipinski definition) is 0. The smallest absolute Gasteiger partial charge is 0.266 e. The van der Waals surface area contributed by atoms with Crippen molar-refractivity contribution in [2.45, 2.75) is 20.4 Å². The molecule has 138 valence electrons. The van der Waals surface area contributed by atoms with Gasteiger partial charge in [0, 0.05) is 11.8 Å². The Morgan fingerprint density at radius 2 is 1.81 bits per heavy atom. The first-order valence-electron chi connectivity index (χ1n) is 8.70. The van der Waals surface area contributed by atoms with E-state index < -0.39 is 0 Å². The van der Waals surface area contributed by atoms with Crippen LogP contribution in [-0.4, -0.2) is 17.5 Å². The summed E-state index contributed by atoms with van der Waals surface area (Å²) >= 11 is 0. The molecule has 0 unspecified atom stereocenters. The number of carbonyl (C=O) groups excluding carboxylic acids is 1. The molecule has 1 heterocycles. The Morgan fingerprint density at radius 1 is 1.04 bits per heavy atom. The number of halogens is 1. The molecule has 0 radical (unpaired) electrons. The second-order valence-electron chi connectivity index (χ2n) is 6.25. The Hall–Kier alpha value is -3.21. The Balaban J connectivity index is 1.81. The van der Waals surface area contributed by atoms with E-state index in [0.717, 1.165) is 11.1 Å². The maximum Gasteiger partial charge on any atom is 0.266 e. The normalized spacial score (nSPS) is 10.5. The molecular formula is C22H21FN2O2. The Kier molecular flexibility index (Phi) is 5.81. The summed E-state index contributed by atoms with van der Waals surface area (Å²) in [5.41, 5.74) is 2.50. The van der Waals surface area contributed by atoms with Gasteiger partial charge in [-0.3, -0.25) is 9.69 Å². The summed E-state index contributed by atoms with van der Waals surface area (Å²) in [7, 11) is 0. The summed E-state index contributed by atoms with van der Waals surface area (Å²) in [5.74, 6) is 0.463. The van der Waals surface area contributed by atoms with E-state index >= 15 is 0 Å². The molecule has 0 bridgehead atoms. The van der Waals surface area contributed by atoms with Crippen molar-refractivity contribution in [3.63, 3.8) is 0 Å². The SMILES string of the molecule is Cc1cccc(OCC(=O)N(Cc2ccccc2F)c2ccccn2)c1C. The fourth-order valence-electron chi connectivity index (χ4n) is 2.71. The van der Waals surface area contributed by atoms with E-state index in [9.17, 15) is 9.18 Å². The number of ether oxygens (including phenoxy) is 1. The van der Waals surface area contributed by atoms with Crippen LogP contribution in [0.15, 0.2) is 66.9 Å². The van der Waals surface area contributed by atoms with E-state index in [1.54, 1.807) is 42.6 Å². The zero-order valence-electron chi connectivity index (χ0n) is 15.4. The highest BCUT2D eigenvalue weighted by Gasteiger charge is 2.19. The van der Waals surface area contributed by atoms with E-state index in [1.807, 2.05) is 32.0 Å². The van der Waals surface area contributed by atoms with Gasteiger partial charge in [-0.2, -0.15) is 0 Å². The maximum atomic E-state index is 14.1. The van der Waals surface area contributed by atoms with E-state index in [1.165, 1.54) is 11.0 Å². The molecule has 1 amide bonds. The minimum absolute atomic E-state index is 0.0820. The fraction of sp³-hybridized carbons (Fsp3) is 0.182. The molecule has 3 rings (SSSR count). The van der Waals surface area contributed by atoms with Crippen LogP contribution in [0.25, 0.3) is 0 Å². The van der Waals surface area contributed by atoms with E-state index in [-0.39, 0.29) is 24.9 Å². The van der Waals surface area contributed by atoms with E-state index in [0.29, 0.717) is 17.1 Å². The van der Waals surface area contributed by atoms with Crippen LogP contribution in [0.3, 0.4) is 0 Å². The van der Waals surface area contributed by atoms with Gasteiger partial charge in [-0.05, 0) is 49.2 Å². The quantitative estimate of drug-likeness (QED) is 0.649. The van der Waals surface area contributed by atoms with E-state index in [4.69, 9.17) is 4.74 Å². The number of aromatic nitrogens is 1. The second kappa shape index (κ2) is 8.45. The highest BCUT2D eigenvalue weighted by molar-refractivity contribution is 5.93. The molecule has 0 fully saturated rings. The molecule has 3 aromatic rings. The van der Waals surface area contributed by atoms with Crippen molar-refractivity contribution in [2.75, 3.05) is 11.5 Å². The zero-order chi connectivity index (χ0) is 19.2. The molecule has 0 aliphatic carbocycles. The number of benzene rings is 2. The van der Waals surface area contributed by atoms with Crippen LogP contribution in [0.2, 0.25) is 0 Å². The number of hydrogen-bond acceptors (Lipinski definition) is 3. The number of aryl methyl sites for hydroxylation is 1. The van der Waals surface area contributed by atoms with Crippen molar-refractivity contribution in [3.8, 4) is 5.75 Å². The monoisotopic (exact) mass is 364 g/mol. The minimum atomic E-state index is -0.360. The molecule has 2 aromatic carbocycles. The van der Waals surface area contributed by atoms with Crippen LogP contribution < -0.4 is 9.64 Å². The summed E-state index contributed by atoms with van der Waals surface area (Å²) < 4.78 is 19.8. The van der Waals surface area contributed by atoms with Crippen LogP contribution in [0, 0.1) is 19.7 Å². The van der Waals surface area contributed by atoms with Crippen molar-refractivity contribution < 1.29 is 13.9 Å². The van der Waals surface area contributed by atoms with Gasteiger partial charge in [0.1, 0.15) is 17.4 Å². The highest BCUT2D eigenvalue weighted by Crippen LogP contribution is 2.21. The average Bonchev–Trinajstić information content (AvgIpc) is 2.69.